The van der Waals surface area contributed by atoms with Crippen molar-refractivity contribution >= 4 is 29.3 Å². The first kappa shape index (κ1) is 12.8. The normalized spacial score (nSPS) is 9.77. The van der Waals surface area contributed by atoms with Crippen molar-refractivity contribution in [2.45, 2.75) is 0 Å². The van der Waals surface area contributed by atoms with Crippen molar-refractivity contribution in [2.75, 3.05) is 38.1 Å². The van der Waals surface area contributed by atoms with Crippen molar-refractivity contribution < 1.29 is 14.6 Å². The van der Waals surface area contributed by atoms with Gasteiger partial charge in [0.1, 0.15) is 6.61 Å². The molecule has 0 rings (SSSR count). The Morgan fingerprint density at radius 1 is 1.31 bits per heavy atom. The molecule has 1 amide bonds. The van der Waals surface area contributed by atoms with Gasteiger partial charge in [-0.15, -0.1) is 23.2 Å². The maximum Gasteiger partial charge on any atom is 0.409 e. The molecule has 4 nitrogen and oxygen atoms in total. The van der Waals surface area contributed by atoms with Gasteiger partial charge in [0, 0.05) is 24.8 Å². The van der Waals surface area contributed by atoms with Crippen LogP contribution in [0.25, 0.3) is 0 Å². The summed E-state index contributed by atoms with van der Waals surface area (Å²) in [5, 5.41) is 8.41. The third-order valence-electron chi connectivity index (χ3n) is 1.28. The van der Waals surface area contributed by atoms with Gasteiger partial charge in [-0.1, -0.05) is 0 Å². The fourth-order valence-electron chi connectivity index (χ4n) is 0.723. The van der Waals surface area contributed by atoms with Gasteiger partial charge in [0.2, 0.25) is 0 Å². The van der Waals surface area contributed by atoms with Crippen LogP contribution in [-0.4, -0.2) is 54.2 Å². The fourth-order valence-corrected chi connectivity index (χ4v) is 1.13. The number of hydrogen-bond acceptors (Lipinski definition) is 3. The van der Waals surface area contributed by atoms with Gasteiger partial charge in [0.05, 0.1) is 6.61 Å². The van der Waals surface area contributed by atoms with Crippen molar-refractivity contribution in [1.82, 2.24) is 4.90 Å². The Morgan fingerprint density at radius 2 is 1.85 bits per heavy atom. The van der Waals surface area contributed by atoms with Crippen molar-refractivity contribution in [3.8, 4) is 0 Å². The Hall–Kier alpha value is -0.190. The van der Waals surface area contributed by atoms with Crippen LogP contribution in [0.2, 0.25) is 0 Å². The van der Waals surface area contributed by atoms with Crippen LogP contribution < -0.4 is 0 Å². The van der Waals surface area contributed by atoms with E-state index in [0.29, 0.717) is 24.8 Å². The highest BCUT2D eigenvalue weighted by Gasteiger charge is 2.12. The van der Waals surface area contributed by atoms with Crippen LogP contribution in [-0.2, 0) is 4.74 Å². The number of aliphatic hydroxyl groups excluding tert-OH is 1. The highest BCUT2D eigenvalue weighted by Crippen LogP contribution is 1.96. The number of amides is 1. The molecule has 0 fully saturated rings. The zero-order valence-electron chi connectivity index (χ0n) is 7.21. The average Bonchev–Trinajstić information content (AvgIpc) is 2.14. The Bertz CT molecular complexity index is 140. The molecule has 0 unspecified atom stereocenters. The highest BCUT2D eigenvalue weighted by atomic mass is 35.5. The molecule has 0 bridgehead atoms. The summed E-state index contributed by atoms with van der Waals surface area (Å²) >= 11 is 10.9. The number of nitrogens with zero attached hydrogens (tertiary/aromatic N) is 1. The molecule has 0 heterocycles. The molecular weight excluding hydrogens is 217 g/mol. The Kier molecular flexibility index (Phi) is 8.29. The lowest BCUT2D eigenvalue weighted by molar-refractivity contribution is 0.0875. The molecule has 6 heteroatoms. The lowest BCUT2D eigenvalue weighted by Crippen LogP contribution is -2.35. The first-order valence-electron chi connectivity index (χ1n) is 3.90. The lowest BCUT2D eigenvalue weighted by atomic mass is 10.5. The quantitative estimate of drug-likeness (QED) is 0.689. The van der Waals surface area contributed by atoms with Crippen molar-refractivity contribution in [3.05, 3.63) is 0 Å². The molecule has 0 saturated heterocycles. The second-order valence-electron chi connectivity index (χ2n) is 2.20. The topological polar surface area (TPSA) is 49.8 Å². The number of hydrogen-bond donors (Lipinski definition) is 1. The van der Waals surface area contributed by atoms with Crippen molar-refractivity contribution in [1.29, 1.82) is 0 Å². The molecule has 0 aromatic rings. The van der Waals surface area contributed by atoms with E-state index in [-0.39, 0.29) is 13.2 Å². The number of alkyl halides is 2. The summed E-state index contributed by atoms with van der Waals surface area (Å²) in [4.78, 5) is 12.6. The number of carbonyl (C=O) groups excluding carboxylic acids is 1. The number of aliphatic hydroxyl groups is 1. The molecule has 0 spiro atoms. The van der Waals surface area contributed by atoms with Gasteiger partial charge in [-0.2, -0.15) is 0 Å². The van der Waals surface area contributed by atoms with Crippen LogP contribution >= 0.6 is 23.2 Å². The van der Waals surface area contributed by atoms with Gasteiger partial charge in [0.15, 0.2) is 0 Å². The molecule has 0 radical (unpaired) electrons. The van der Waals surface area contributed by atoms with E-state index < -0.39 is 6.09 Å². The van der Waals surface area contributed by atoms with Crippen LogP contribution in [0.15, 0.2) is 0 Å². The summed E-state index contributed by atoms with van der Waals surface area (Å²) in [6, 6.07) is 0. The van der Waals surface area contributed by atoms with E-state index in [1.807, 2.05) is 0 Å². The molecule has 0 aromatic carbocycles. The number of ether oxygens (including phenoxy) is 1. The van der Waals surface area contributed by atoms with E-state index in [9.17, 15) is 4.79 Å². The third-order valence-corrected chi connectivity index (χ3v) is 1.62. The monoisotopic (exact) mass is 229 g/mol. The zero-order valence-corrected chi connectivity index (χ0v) is 8.72. The first-order chi connectivity index (χ1) is 6.26. The largest absolute Gasteiger partial charge is 0.447 e. The van der Waals surface area contributed by atoms with Crippen LogP contribution in [0.3, 0.4) is 0 Å². The van der Waals surface area contributed by atoms with E-state index in [4.69, 9.17) is 28.3 Å². The maximum atomic E-state index is 11.2. The zero-order chi connectivity index (χ0) is 10.1. The summed E-state index contributed by atoms with van der Waals surface area (Å²) in [5.41, 5.74) is 0. The molecular formula is C7H13Cl2NO3. The minimum Gasteiger partial charge on any atom is -0.447 e. The molecule has 0 aliphatic rings. The molecule has 0 aliphatic heterocycles. The minimum atomic E-state index is -0.490. The van der Waals surface area contributed by atoms with Gasteiger partial charge in [0.25, 0.3) is 0 Å². The van der Waals surface area contributed by atoms with Gasteiger partial charge in [-0.25, -0.2) is 4.79 Å². The minimum absolute atomic E-state index is 0.0000945. The fraction of sp³-hybridized carbons (Fsp3) is 0.857. The summed E-state index contributed by atoms with van der Waals surface area (Å²) in [6.07, 6.45) is -0.490. The Labute approximate surface area is 87.4 Å². The van der Waals surface area contributed by atoms with Crippen LogP contribution in [0.1, 0.15) is 0 Å². The second-order valence-corrected chi connectivity index (χ2v) is 2.96. The Balaban J connectivity index is 3.80. The maximum absolute atomic E-state index is 11.2. The standard InChI is InChI=1S/C7H13Cl2NO3/c8-1-3-10(4-2-9)7(12)13-6-5-11/h11H,1-6H2. The smallest absolute Gasteiger partial charge is 0.409 e. The van der Waals surface area contributed by atoms with Crippen LogP contribution in [0, 0.1) is 0 Å². The van der Waals surface area contributed by atoms with Crippen molar-refractivity contribution in [3.63, 3.8) is 0 Å². The second kappa shape index (κ2) is 8.41. The lowest BCUT2D eigenvalue weighted by Gasteiger charge is -2.19. The van der Waals surface area contributed by atoms with Gasteiger partial charge in [-0.05, 0) is 0 Å². The summed E-state index contributed by atoms with van der Waals surface area (Å²) < 4.78 is 4.68. The number of carbonyl (C=O) groups is 1. The summed E-state index contributed by atoms with van der Waals surface area (Å²) in [5.74, 6) is 0.677. The van der Waals surface area contributed by atoms with Crippen LogP contribution in [0.5, 0.6) is 0 Å². The summed E-state index contributed by atoms with van der Waals surface area (Å²) in [6.45, 7) is 0.623. The number of halogens is 2. The van der Waals surface area contributed by atoms with E-state index in [1.165, 1.54) is 4.90 Å². The first-order valence-corrected chi connectivity index (χ1v) is 4.97. The highest BCUT2D eigenvalue weighted by molar-refractivity contribution is 6.18. The van der Waals surface area contributed by atoms with Gasteiger partial charge in [-0.3, -0.25) is 0 Å². The predicted octanol–water partition coefficient (Wildman–Crippen LogP) is 0.895. The SMILES string of the molecule is O=C(OCCO)N(CCCl)CCCl. The van der Waals surface area contributed by atoms with Gasteiger partial charge < -0.3 is 14.7 Å². The molecule has 0 aromatic heterocycles. The summed E-state index contributed by atoms with van der Waals surface area (Å²) in [7, 11) is 0. The van der Waals surface area contributed by atoms with Gasteiger partial charge >= 0.3 is 6.09 Å². The van der Waals surface area contributed by atoms with Crippen molar-refractivity contribution in [2.24, 2.45) is 0 Å². The van der Waals surface area contributed by atoms with Crippen LogP contribution in [0.4, 0.5) is 4.79 Å². The molecule has 0 aliphatic carbocycles. The van der Waals surface area contributed by atoms with E-state index in [0.717, 1.165) is 0 Å². The molecule has 78 valence electrons. The molecule has 0 saturated carbocycles. The van der Waals surface area contributed by atoms with E-state index in [1.54, 1.807) is 0 Å². The average molecular weight is 230 g/mol. The van der Waals surface area contributed by atoms with E-state index in [2.05, 4.69) is 4.74 Å². The molecule has 0 atom stereocenters. The Morgan fingerprint density at radius 3 is 2.23 bits per heavy atom. The third kappa shape index (κ3) is 5.96. The number of rotatable bonds is 6. The molecule has 13 heavy (non-hydrogen) atoms. The van der Waals surface area contributed by atoms with E-state index >= 15 is 0 Å². The molecule has 1 N–H and O–H groups in total. The predicted molar refractivity (Wildman–Crippen MR) is 51.4 cm³/mol.